The standard InChI is InChI=1S/C35H45N3O4S/c1-26(2)31-20-11-12-21-32(31)38(43(4,41)42)25-34(39)37(24-29-17-13-14-27(3)22-29)33(23-28-15-7-5-8-16-28)35(40)36-30-18-9-6-10-19-30/h5,7-8,11-17,20-22,26,30,33H,6,9-10,18-19,23-25H2,1-4H3,(H,36,40)/t33-/m1/s1. The molecule has 0 aromatic heterocycles. The van der Waals surface area contributed by atoms with Gasteiger partial charge in [0.1, 0.15) is 12.6 Å². The molecule has 1 N–H and O–H groups in total. The first-order valence-corrected chi connectivity index (χ1v) is 17.1. The van der Waals surface area contributed by atoms with Crippen molar-refractivity contribution in [2.24, 2.45) is 0 Å². The number of rotatable bonds is 12. The van der Waals surface area contributed by atoms with Crippen molar-refractivity contribution in [1.82, 2.24) is 10.2 Å². The van der Waals surface area contributed by atoms with Crippen LogP contribution in [0.4, 0.5) is 5.69 Å². The maximum absolute atomic E-state index is 14.4. The summed E-state index contributed by atoms with van der Waals surface area (Å²) in [6.07, 6.45) is 6.58. The molecule has 4 rings (SSSR count). The molecular formula is C35H45N3O4S. The summed E-state index contributed by atoms with van der Waals surface area (Å²) in [5.41, 5.74) is 4.17. The van der Waals surface area contributed by atoms with Gasteiger partial charge in [0.2, 0.25) is 21.8 Å². The summed E-state index contributed by atoms with van der Waals surface area (Å²) in [5, 5.41) is 3.25. The third kappa shape index (κ3) is 8.92. The summed E-state index contributed by atoms with van der Waals surface area (Å²) in [4.78, 5) is 30.1. The van der Waals surface area contributed by atoms with Crippen molar-refractivity contribution in [3.63, 3.8) is 0 Å². The van der Waals surface area contributed by atoms with Gasteiger partial charge in [-0.15, -0.1) is 0 Å². The van der Waals surface area contributed by atoms with E-state index in [1.165, 1.54) is 4.31 Å². The topological polar surface area (TPSA) is 86.8 Å². The van der Waals surface area contributed by atoms with Gasteiger partial charge in [0.15, 0.2) is 0 Å². The smallest absolute Gasteiger partial charge is 0.244 e. The van der Waals surface area contributed by atoms with E-state index >= 15 is 0 Å². The molecule has 1 fully saturated rings. The lowest BCUT2D eigenvalue weighted by Crippen LogP contribution is -2.55. The molecule has 1 atom stereocenters. The second kappa shape index (κ2) is 14.7. The van der Waals surface area contributed by atoms with E-state index < -0.39 is 28.5 Å². The molecule has 2 amide bonds. The highest BCUT2D eigenvalue weighted by molar-refractivity contribution is 7.92. The van der Waals surface area contributed by atoms with Gasteiger partial charge < -0.3 is 10.2 Å². The largest absolute Gasteiger partial charge is 0.352 e. The van der Waals surface area contributed by atoms with Gasteiger partial charge >= 0.3 is 0 Å². The number of para-hydroxylation sites is 1. The molecule has 0 spiro atoms. The quantitative estimate of drug-likeness (QED) is 0.276. The summed E-state index contributed by atoms with van der Waals surface area (Å²) >= 11 is 0. The molecule has 3 aromatic carbocycles. The fourth-order valence-corrected chi connectivity index (χ4v) is 6.77. The van der Waals surface area contributed by atoms with Crippen LogP contribution in [0.1, 0.15) is 74.1 Å². The molecule has 43 heavy (non-hydrogen) atoms. The number of carbonyl (C=O) groups is 2. The number of nitrogens with zero attached hydrogens (tertiary/aromatic N) is 2. The third-order valence-electron chi connectivity index (χ3n) is 8.16. The summed E-state index contributed by atoms with van der Waals surface area (Å²) in [6, 6.07) is 24.1. The lowest BCUT2D eigenvalue weighted by atomic mass is 9.94. The minimum atomic E-state index is -3.82. The number of anilines is 1. The molecule has 1 aliphatic carbocycles. The number of sulfonamides is 1. The van der Waals surface area contributed by atoms with Crippen LogP contribution in [0.15, 0.2) is 78.9 Å². The molecule has 3 aromatic rings. The predicted octanol–water partition coefficient (Wildman–Crippen LogP) is 5.97. The Balaban J connectivity index is 1.75. The van der Waals surface area contributed by atoms with E-state index in [0.717, 1.165) is 60.6 Å². The van der Waals surface area contributed by atoms with Crippen LogP contribution < -0.4 is 9.62 Å². The maximum atomic E-state index is 14.4. The molecule has 230 valence electrons. The fraction of sp³-hybridized carbons (Fsp3) is 0.429. The SMILES string of the molecule is Cc1cccc(CN(C(=O)CN(c2ccccc2C(C)C)S(C)(=O)=O)[C@H](Cc2ccccc2)C(=O)NC2CCCCC2)c1. The number of amides is 2. The number of benzene rings is 3. The average molecular weight is 604 g/mol. The molecule has 8 heteroatoms. The van der Waals surface area contributed by atoms with Crippen molar-refractivity contribution in [3.05, 3.63) is 101 Å². The van der Waals surface area contributed by atoms with E-state index in [9.17, 15) is 18.0 Å². The molecular weight excluding hydrogens is 558 g/mol. The normalized spacial score (nSPS) is 14.7. The summed E-state index contributed by atoms with van der Waals surface area (Å²) in [5.74, 6) is -0.582. The zero-order valence-electron chi connectivity index (χ0n) is 25.8. The van der Waals surface area contributed by atoms with Crippen molar-refractivity contribution in [2.45, 2.75) is 83.8 Å². The molecule has 1 aliphatic rings. The molecule has 0 saturated heterocycles. The Bertz CT molecular complexity index is 1480. The lowest BCUT2D eigenvalue weighted by molar-refractivity contribution is -0.140. The first-order valence-electron chi connectivity index (χ1n) is 15.3. The van der Waals surface area contributed by atoms with Crippen LogP contribution in [-0.2, 0) is 32.6 Å². The molecule has 0 heterocycles. The van der Waals surface area contributed by atoms with Crippen LogP contribution in [0.3, 0.4) is 0 Å². The van der Waals surface area contributed by atoms with Crippen LogP contribution >= 0.6 is 0 Å². The van der Waals surface area contributed by atoms with Crippen molar-refractivity contribution in [1.29, 1.82) is 0 Å². The Morgan fingerprint density at radius 1 is 0.884 bits per heavy atom. The van der Waals surface area contributed by atoms with Crippen LogP contribution in [0.25, 0.3) is 0 Å². The lowest BCUT2D eigenvalue weighted by Gasteiger charge is -2.35. The molecule has 1 saturated carbocycles. The van der Waals surface area contributed by atoms with Crippen molar-refractivity contribution < 1.29 is 18.0 Å². The number of nitrogens with one attached hydrogen (secondary N) is 1. The summed E-state index contributed by atoms with van der Waals surface area (Å²) in [7, 11) is -3.82. The highest BCUT2D eigenvalue weighted by Crippen LogP contribution is 2.29. The highest BCUT2D eigenvalue weighted by atomic mass is 32.2. The van der Waals surface area contributed by atoms with E-state index in [0.29, 0.717) is 12.1 Å². The minimum absolute atomic E-state index is 0.0473. The predicted molar refractivity (Wildman–Crippen MR) is 173 cm³/mol. The second-order valence-corrected chi connectivity index (χ2v) is 13.9. The second-order valence-electron chi connectivity index (χ2n) is 12.0. The maximum Gasteiger partial charge on any atom is 0.244 e. The monoisotopic (exact) mass is 603 g/mol. The van der Waals surface area contributed by atoms with E-state index in [-0.39, 0.29) is 24.4 Å². The number of carbonyl (C=O) groups excluding carboxylic acids is 2. The zero-order chi connectivity index (χ0) is 31.0. The summed E-state index contributed by atoms with van der Waals surface area (Å²) in [6.45, 7) is 5.75. The number of aryl methyl sites for hydroxylation is 1. The summed E-state index contributed by atoms with van der Waals surface area (Å²) < 4.78 is 27.6. The highest BCUT2D eigenvalue weighted by Gasteiger charge is 2.34. The van der Waals surface area contributed by atoms with Gasteiger partial charge in [-0.2, -0.15) is 0 Å². The van der Waals surface area contributed by atoms with Gasteiger partial charge in [0, 0.05) is 19.0 Å². The van der Waals surface area contributed by atoms with Gasteiger partial charge in [0.05, 0.1) is 11.9 Å². The van der Waals surface area contributed by atoms with Crippen LogP contribution in [0.5, 0.6) is 0 Å². The van der Waals surface area contributed by atoms with Crippen LogP contribution in [0.2, 0.25) is 0 Å². The van der Waals surface area contributed by atoms with Crippen LogP contribution in [-0.4, -0.2) is 50.0 Å². The Kier molecular flexibility index (Phi) is 11.0. The first kappa shape index (κ1) is 32.3. The average Bonchev–Trinajstić information content (AvgIpc) is 2.98. The van der Waals surface area contributed by atoms with E-state index in [2.05, 4.69) is 5.32 Å². The molecule has 7 nitrogen and oxygen atoms in total. The molecule has 0 aliphatic heterocycles. The Morgan fingerprint density at radius 3 is 2.19 bits per heavy atom. The Hall–Kier alpha value is -3.65. The fourth-order valence-electron chi connectivity index (χ4n) is 5.90. The van der Waals surface area contributed by atoms with Gasteiger partial charge in [0.25, 0.3) is 0 Å². The minimum Gasteiger partial charge on any atom is -0.352 e. The first-order chi connectivity index (χ1) is 20.5. The van der Waals surface area contributed by atoms with E-state index in [1.807, 2.05) is 87.5 Å². The van der Waals surface area contributed by atoms with Gasteiger partial charge in [-0.25, -0.2) is 8.42 Å². The molecule has 0 unspecified atom stereocenters. The van der Waals surface area contributed by atoms with E-state index in [4.69, 9.17) is 0 Å². The van der Waals surface area contributed by atoms with Crippen molar-refractivity contribution in [3.8, 4) is 0 Å². The van der Waals surface area contributed by atoms with Gasteiger partial charge in [-0.05, 0) is 48.4 Å². The number of hydrogen-bond acceptors (Lipinski definition) is 4. The van der Waals surface area contributed by atoms with Crippen molar-refractivity contribution >= 4 is 27.5 Å². The zero-order valence-corrected chi connectivity index (χ0v) is 26.6. The molecule has 0 radical (unpaired) electrons. The molecule has 0 bridgehead atoms. The van der Waals surface area contributed by atoms with Gasteiger partial charge in [-0.1, -0.05) is 111 Å². The third-order valence-corrected chi connectivity index (χ3v) is 9.29. The number of hydrogen-bond donors (Lipinski definition) is 1. The van der Waals surface area contributed by atoms with Crippen LogP contribution in [0, 0.1) is 6.92 Å². The Morgan fingerprint density at radius 2 is 1.53 bits per heavy atom. The Labute approximate surface area is 257 Å². The van der Waals surface area contributed by atoms with Gasteiger partial charge in [-0.3, -0.25) is 13.9 Å². The van der Waals surface area contributed by atoms with Crippen molar-refractivity contribution in [2.75, 3.05) is 17.1 Å². The van der Waals surface area contributed by atoms with E-state index in [1.54, 1.807) is 17.0 Å².